The van der Waals surface area contributed by atoms with Crippen LogP contribution in [-0.2, 0) is 4.79 Å². The van der Waals surface area contributed by atoms with Gasteiger partial charge >= 0.3 is 0 Å². The highest BCUT2D eigenvalue weighted by Gasteiger charge is 2.15. The first kappa shape index (κ1) is 7.52. The number of carbonyl (C=O) groups excluding carboxylic acids is 1. The van der Waals surface area contributed by atoms with E-state index in [-0.39, 0.29) is 0 Å². The Morgan fingerprint density at radius 1 is 1.70 bits per heavy atom. The second-order valence-corrected chi connectivity index (χ2v) is 2.98. The van der Waals surface area contributed by atoms with E-state index < -0.39 is 0 Å². The summed E-state index contributed by atoms with van der Waals surface area (Å²) in [7, 11) is 0. The second-order valence-electron chi connectivity index (χ2n) is 2.98. The zero-order valence-corrected chi connectivity index (χ0v) is 6.68. The van der Waals surface area contributed by atoms with E-state index in [0.717, 1.165) is 19.3 Å². The molecule has 0 fully saturated rings. The van der Waals surface area contributed by atoms with Crippen LogP contribution >= 0.6 is 0 Å². The van der Waals surface area contributed by atoms with Crippen LogP contribution in [0.15, 0.2) is 11.6 Å². The quantitative estimate of drug-likeness (QED) is 0.543. The Morgan fingerprint density at radius 2 is 2.40 bits per heavy atom. The lowest BCUT2D eigenvalue weighted by Gasteiger charge is -2.17. The molecule has 1 nitrogen and oxygen atoms in total. The van der Waals surface area contributed by atoms with E-state index in [1.807, 2.05) is 6.08 Å². The molecular formula is C9H14O. The molecule has 0 spiro atoms. The molecule has 0 radical (unpaired) electrons. The van der Waals surface area contributed by atoms with Crippen LogP contribution in [0.2, 0.25) is 0 Å². The van der Waals surface area contributed by atoms with Crippen molar-refractivity contribution in [3.63, 3.8) is 0 Å². The van der Waals surface area contributed by atoms with Gasteiger partial charge in [0, 0.05) is 6.42 Å². The molecular weight excluding hydrogens is 124 g/mol. The van der Waals surface area contributed by atoms with Crippen LogP contribution in [0.4, 0.5) is 0 Å². The highest BCUT2D eigenvalue weighted by atomic mass is 16.1. The molecule has 0 bridgehead atoms. The molecule has 1 rings (SSSR count). The number of hydrogen-bond donors (Lipinski definition) is 0. The Kier molecular flexibility index (Phi) is 2.25. The molecule has 0 saturated heterocycles. The molecule has 1 aliphatic rings. The number of rotatable bonds is 1. The predicted molar refractivity (Wildman–Crippen MR) is 41.8 cm³/mol. The summed E-state index contributed by atoms with van der Waals surface area (Å²) in [6.07, 6.45) is 4.67. The number of carbonyl (C=O) groups is 1. The summed E-state index contributed by atoms with van der Waals surface area (Å²) < 4.78 is 0. The van der Waals surface area contributed by atoms with Crippen molar-refractivity contribution < 1.29 is 4.79 Å². The highest BCUT2D eigenvalue weighted by Crippen LogP contribution is 2.24. The van der Waals surface area contributed by atoms with Gasteiger partial charge in [-0.15, -0.1) is 0 Å². The molecule has 0 aromatic heterocycles. The minimum atomic E-state index is 0.315. The van der Waals surface area contributed by atoms with Gasteiger partial charge < -0.3 is 0 Å². The van der Waals surface area contributed by atoms with Gasteiger partial charge in [-0.25, -0.2) is 0 Å². The second kappa shape index (κ2) is 3.00. The van der Waals surface area contributed by atoms with Gasteiger partial charge in [0.2, 0.25) is 0 Å². The topological polar surface area (TPSA) is 17.1 Å². The summed E-state index contributed by atoms with van der Waals surface area (Å²) in [4.78, 5) is 10.9. The zero-order chi connectivity index (χ0) is 7.56. The fourth-order valence-electron chi connectivity index (χ4n) is 1.42. The summed E-state index contributed by atoms with van der Waals surface area (Å²) in [5.41, 5.74) is 1.33. The van der Waals surface area contributed by atoms with Gasteiger partial charge in [0.1, 0.15) is 0 Å². The van der Waals surface area contributed by atoms with Crippen LogP contribution < -0.4 is 0 Å². The van der Waals surface area contributed by atoms with E-state index in [2.05, 4.69) is 13.8 Å². The Morgan fingerprint density at radius 3 is 2.90 bits per heavy atom. The van der Waals surface area contributed by atoms with Gasteiger partial charge in [-0.1, -0.05) is 19.4 Å². The molecule has 0 aliphatic heterocycles. The number of allylic oxidation sites excluding steroid dienone is 2. The van der Waals surface area contributed by atoms with Gasteiger partial charge in [0.15, 0.2) is 5.78 Å². The Bertz CT molecular complexity index is 168. The summed E-state index contributed by atoms with van der Waals surface area (Å²) in [5, 5.41) is 0. The average molecular weight is 138 g/mol. The van der Waals surface area contributed by atoms with Crippen molar-refractivity contribution in [1.29, 1.82) is 0 Å². The maximum atomic E-state index is 10.9. The lowest BCUT2D eigenvalue weighted by atomic mass is 9.87. The van der Waals surface area contributed by atoms with Crippen LogP contribution in [0.5, 0.6) is 0 Å². The van der Waals surface area contributed by atoms with E-state index >= 15 is 0 Å². The van der Waals surface area contributed by atoms with Crippen LogP contribution in [0.25, 0.3) is 0 Å². The zero-order valence-electron chi connectivity index (χ0n) is 6.68. The third-order valence-corrected chi connectivity index (χ3v) is 2.21. The number of ketones is 1. The Hall–Kier alpha value is -0.590. The summed E-state index contributed by atoms with van der Waals surface area (Å²) in [6.45, 7) is 4.31. The largest absolute Gasteiger partial charge is 0.295 e. The van der Waals surface area contributed by atoms with Gasteiger partial charge in [0.25, 0.3) is 0 Å². The average Bonchev–Trinajstić information content (AvgIpc) is 1.94. The standard InChI is InChI=1S/C9H14O/c1-3-8-6-9(10)5-4-7(8)2/h6-7H,3-5H2,1-2H3. The van der Waals surface area contributed by atoms with Crippen molar-refractivity contribution in [2.45, 2.75) is 33.1 Å². The summed E-state index contributed by atoms with van der Waals surface area (Å²) in [5.74, 6) is 0.956. The molecule has 0 amide bonds. The summed E-state index contributed by atoms with van der Waals surface area (Å²) in [6, 6.07) is 0. The van der Waals surface area contributed by atoms with Gasteiger partial charge in [0.05, 0.1) is 0 Å². The molecule has 1 aliphatic carbocycles. The minimum Gasteiger partial charge on any atom is -0.295 e. The van der Waals surface area contributed by atoms with Gasteiger partial charge in [-0.2, -0.15) is 0 Å². The van der Waals surface area contributed by atoms with Crippen LogP contribution in [0.3, 0.4) is 0 Å². The third kappa shape index (κ3) is 1.47. The van der Waals surface area contributed by atoms with Crippen molar-refractivity contribution in [3.8, 4) is 0 Å². The van der Waals surface area contributed by atoms with Crippen molar-refractivity contribution in [2.24, 2.45) is 5.92 Å². The van der Waals surface area contributed by atoms with Crippen LogP contribution in [-0.4, -0.2) is 5.78 Å². The molecule has 1 heteroatoms. The fourth-order valence-corrected chi connectivity index (χ4v) is 1.42. The first-order valence-corrected chi connectivity index (χ1v) is 3.97. The normalized spacial score (nSPS) is 26.4. The molecule has 0 aromatic carbocycles. The van der Waals surface area contributed by atoms with Crippen molar-refractivity contribution in [3.05, 3.63) is 11.6 Å². The molecule has 1 atom stereocenters. The molecule has 0 saturated carbocycles. The predicted octanol–water partition coefficient (Wildman–Crippen LogP) is 2.32. The molecule has 56 valence electrons. The van der Waals surface area contributed by atoms with E-state index in [0.29, 0.717) is 11.7 Å². The molecule has 0 heterocycles. The SMILES string of the molecule is CCC1=CC(=O)CCC1C. The molecule has 10 heavy (non-hydrogen) atoms. The lowest BCUT2D eigenvalue weighted by Crippen LogP contribution is -2.10. The minimum absolute atomic E-state index is 0.315. The van der Waals surface area contributed by atoms with Gasteiger partial charge in [-0.3, -0.25) is 4.79 Å². The van der Waals surface area contributed by atoms with Gasteiger partial charge in [-0.05, 0) is 24.8 Å². The fraction of sp³-hybridized carbons (Fsp3) is 0.667. The molecule has 0 N–H and O–H groups in total. The maximum absolute atomic E-state index is 10.9. The third-order valence-electron chi connectivity index (χ3n) is 2.21. The van der Waals surface area contributed by atoms with E-state index in [4.69, 9.17) is 0 Å². The smallest absolute Gasteiger partial charge is 0.155 e. The first-order valence-electron chi connectivity index (χ1n) is 3.97. The van der Waals surface area contributed by atoms with Crippen molar-refractivity contribution >= 4 is 5.78 Å². The highest BCUT2D eigenvalue weighted by molar-refractivity contribution is 5.91. The monoisotopic (exact) mass is 138 g/mol. The maximum Gasteiger partial charge on any atom is 0.155 e. The van der Waals surface area contributed by atoms with E-state index in [1.54, 1.807) is 0 Å². The van der Waals surface area contributed by atoms with Crippen LogP contribution in [0.1, 0.15) is 33.1 Å². The van der Waals surface area contributed by atoms with Crippen LogP contribution in [0, 0.1) is 5.92 Å². The Labute approximate surface area is 62.1 Å². The molecule has 1 unspecified atom stereocenters. The molecule has 0 aromatic rings. The van der Waals surface area contributed by atoms with Crippen molar-refractivity contribution in [1.82, 2.24) is 0 Å². The van der Waals surface area contributed by atoms with Crippen molar-refractivity contribution in [2.75, 3.05) is 0 Å². The first-order chi connectivity index (χ1) is 4.74. The lowest BCUT2D eigenvalue weighted by molar-refractivity contribution is -0.115. The summed E-state index contributed by atoms with van der Waals surface area (Å²) >= 11 is 0. The Balaban J connectivity index is 2.71. The van der Waals surface area contributed by atoms with E-state index in [9.17, 15) is 4.79 Å². The van der Waals surface area contributed by atoms with E-state index in [1.165, 1.54) is 5.57 Å². The number of hydrogen-bond acceptors (Lipinski definition) is 1.